The molecule has 8 heteroatoms. The average Bonchev–Trinajstić information content (AvgIpc) is 2.20. The molecule has 0 bridgehead atoms. The second-order valence-electron chi connectivity index (χ2n) is 3.34. The number of phenolic OH excluding ortho intramolecular Hbond substituents is 1. The Morgan fingerprint density at radius 2 is 1.82 bits per heavy atom. The van der Waals surface area contributed by atoms with Crippen LogP contribution >= 0.6 is 23.2 Å². The molecule has 0 saturated heterocycles. The van der Waals surface area contributed by atoms with E-state index in [2.05, 4.69) is 5.32 Å². The third kappa shape index (κ3) is 3.64. The summed E-state index contributed by atoms with van der Waals surface area (Å²) in [5.74, 6) is -0.279. The summed E-state index contributed by atoms with van der Waals surface area (Å²) in [6.45, 7) is 1.59. The van der Waals surface area contributed by atoms with Gasteiger partial charge in [-0.25, -0.2) is 0 Å². The summed E-state index contributed by atoms with van der Waals surface area (Å²) in [7, 11) is -4.21. The Hall–Kier alpha value is -0.690. The minimum Gasteiger partial charge on any atom is -0.505 e. The molecule has 0 aromatic heterocycles. The van der Waals surface area contributed by atoms with Crippen LogP contribution in [-0.4, -0.2) is 23.5 Å². The molecule has 96 valence electrons. The number of rotatable bonds is 4. The van der Waals surface area contributed by atoms with E-state index in [-0.39, 0.29) is 22.2 Å². The van der Waals surface area contributed by atoms with Crippen molar-refractivity contribution < 1.29 is 18.1 Å². The maximum absolute atomic E-state index is 11.0. The van der Waals surface area contributed by atoms with Crippen LogP contribution in [0.2, 0.25) is 10.0 Å². The number of halogens is 2. The zero-order chi connectivity index (χ0) is 13.2. The lowest BCUT2D eigenvalue weighted by Crippen LogP contribution is -2.28. The van der Waals surface area contributed by atoms with E-state index in [0.717, 1.165) is 0 Å². The molecule has 0 aliphatic heterocycles. The van der Waals surface area contributed by atoms with Crippen LogP contribution in [0.3, 0.4) is 0 Å². The highest BCUT2D eigenvalue weighted by Gasteiger charge is 2.21. The molecule has 0 amide bonds. The first-order valence-corrected chi connectivity index (χ1v) is 6.92. The molecule has 0 fully saturated rings. The van der Waals surface area contributed by atoms with Gasteiger partial charge in [0.15, 0.2) is 11.1 Å². The van der Waals surface area contributed by atoms with E-state index in [1.54, 1.807) is 6.92 Å². The van der Waals surface area contributed by atoms with Gasteiger partial charge in [-0.05, 0) is 18.6 Å². The summed E-state index contributed by atoms with van der Waals surface area (Å²) in [6, 6.07) is 2.63. The molecule has 3 N–H and O–H groups in total. The summed E-state index contributed by atoms with van der Waals surface area (Å²) >= 11 is 11.3. The van der Waals surface area contributed by atoms with Gasteiger partial charge in [0, 0.05) is 5.69 Å². The SMILES string of the molecule is CCC(Nc1cc(Cl)c(O)c(Cl)c1)S(=O)(=O)O. The van der Waals surface area contributed by atoms with Crippen molar-refractivity contribution in [3.05, 3.63) is 22.2 Å². The van der Waals surface area contributed by atoms with E-state index >= 15 is 0 Å². The van der Waals surface area contributed by atoms with E-state index in [1.807, 2.05) is 0 Å². The van der Waals surface area contributed by atoms with Crippen LogP contribution in [0.1, 0.15) is 13.3 Å². The molecule has 1 atom stereocenters. The zero-order valence-corrected chi connectivity index (χ0v) is 11.1. The van der Waals surface area contributed by atoms with Crippen molar-refractivity contribution in [1.29, 1.82) is 0 Å². The van der Waals surface area contributed by atoms with E-state index in [0.29, 0.717) is 5.69 Å². The highest BCUT2D eigenvalue weighted by atomic mass is 35.5. The number of phenols is 1. The predicted molar refractivity (Wildman–Crippen MR) is 67.4 cm³/mol. The Morgan fingerprint density at radius 3 is 2.18 bits per heavy atom. The first-order valence-electron chi connectivity index (χ1n) is 4.66. The van der Waals surface area contributed by atoms with Crippen molar-refractivity contribution in [3.8, 4) is 5.75 Å². The van der Waals surface area contributed by atoms with Gasteiger partial charge >= 0.3 is 0 Å². The van der Waals surface area contributed by atoms with Gasteiger partial charge in [-0.2, -0.15) is 8.42 Å². The summed E-state index contributed by atoms with van der Waals surface area (Å²) < 4.78 is 30.9. The minimum atomic E-state index is -4.21. The van der Waals surface area contributed by atoms with E-state index < -0.39 is 15.5 Å². The molecule has 17 heavy (non-hydrogen) atoms. The Kier molecular flexibility index (Phi) is 4.48. The van der Waals surface area contributed by atoms with Gasteiger partial charge in [0.05, 0.1) is 10.0 Å². The fraction of sp³-hybridized carbons (Fsp3) is 0.333. The lowest BCUT2D eigenvalue weighted by atomic mass is 10.3. The first-order chi connectivity index (χ1) is 7.75. The third-order valence-electron chi connectivity index (χ3n) is 2.07. The number of anilines is 1. The molecule has 0 saturated carbocycles. The molecule has 0 aliphatic carbocycles. The van der Waals surface area contributed by atoms with Crippen LogP contribution < -0.4 is 5.32 Å². The number of hydrogen-bond acceptors (Lipinski definition) is 4. The second-order valence-corrected chi connectivity index (χ2v) is 5.76. The smallest absolute Gasteiger partial charge is 0.286 e. The Morgan fingerprint density at radius 1 is 1.35 bits per heavy atom. The van der Waals surface area contributed by atoms with Crippen LogP contribution in [0, 0.1) is 0 Å². The lowest BCUT2D eigenvalue weighted by molar-refractivity contribution is 0.470. The van der Waals surface area contributed by atoms with Crippen molar-refractivity contribution in [1.82, 2.24) is 0 Å². The first kappa shape index (κ1) is 14.4. The van der Waals surface area contributed by atoms with Crippen molar-refractivity contribution in [2.45, 2.75) is 18.7 Å². The molecular weight excluding hydrogens is 289 g/mol. The topological polar surface area (TPSA) is 86.6 Å². The van der Waals surface area contributed by atoms with Gasteiger partial charge in [0.25, 0.3) is 10.1 Å². The normalized spacial score (nSPS) is 13.4. The van der Waals surface area contributed by atoms with Crippen LogP contribution in [0.15, 0.2) is 12.1 Å². The molecule has 1 rings (SSSR count). The van der Waals surface area contributed by atoms with Crippen molar-refractivity contribution >= 4 is 39.0 Å². The summed E-state index contributed by atoms with van der Waals surface area (Å²) in [5, 5.41) is 10.7. The van der Waals surface area contributed by atoms with Gasteiger partial charge in [0.2, 0.25) is 0 Å². The van der Waals surface area contributed by atoms with Crippen LogP contribution in [0.25, 0.3) is 0 Å². The molecule has 0 heterocycles. The van der Waals surface area contributed by atoms with Gasteiger partial charge in [-0.3, -0.25) is 4.55 Å². The van der Waals surface area contributed by atoms with Crippen molar-refractivity contribution in [3.63, 3.8) is 0 Å². The molecular formula is C9H11Cl2NO4S. The highest BCUT2D eigenvalue weighted by Crippen LogP contribution is 2.35. The van der Waals surface area contributed by atoms with Crippen LogP contribution in [-0.2, 0) is 10.1 Å². The zero-order valence-electron chi connectivity index (χ0n) is 8.81. The maximum Gasteiger partial charge on any atom is 0.286 e. The highest BCUT2D eigenvalue weighted by molar-refractivity contribution is 7.86. The van der Waals surface area contributed by atoms with E-state index in [4.69, 9.17) is 27.8 Å². The maximum atomic E-state index is 11.0. The molecule has 1 unspecified atom stereocenters. The fourth-order valence-electron chi connectivity index (χ4n) is 1.22. The number of aromatic hydroxyl groups is 1. The molecule has 1 aromatic rings. The van der Waals surface area contributed by atoms with Gasteiger partial charge in [0.1, 0.15) is 0 Å². The Balaban J connectivity index is 3.03. The fourth-order valence-corrected chi connectivity index (χ4v) is 2.42. The van der Waals surface area contributed by atoms with Crippen molar-refractivity contribution in [2.24, 2.45) is 0 Å². The summed E-state index contributed by atoms with van der Waals surface area (Å²) in [6.07, 6.45) is 0.162. The summed E-state index contributed by atoms with van der Waals surface area (Å²) in [5.41, 5.74) is 0.294. The molecule has 0 aliphatic rings. The third-order valence-corrected chi connectivity index (χ3v) is 3.82. The van der Waals surface area contributed by atoms with Crippen LogP contribution in [0.5, 0.6) is 5.75 Å². The molecule has 0 radical (unpaired) electrons. The number of nitrogens with one attached hydrogen (secondary N) is 1. The molecule has 1 aromatic carbocycles. The predicted octanol–water partition coefficient (Wildman–Crippen LogP) is 2.73. The van der Waals surface area contributed by atoms with Gasteiger partial charge in [-0.15, -0.1) is 0 Å². The number of benzene rings is 1. The number of hydrogen-bond donors (Lipinski definition) is 3. The minimum absolute atomic E-state index is 0.00908. The monoisotopic (exact) mass is 299 g/mol. The molecule has 0 spiro atoms. The Labute approximate surface area is 109 Å². The summed E-state index contributed by atoms with van der Waals surface area (Å²) in [4.78, 5) is 0. The van der Waals surface area contributed by atoms with Crippen LogP contribution in [0.4, 0.5) is 5.69 Å². The van der Waals surface area contributed by atoms with E-state index in [9.17, 15) is 13.5 Å². The lowest BCUT2D eigenvalue weighted by Gasteiger charge is -2.15. The van der Waals surface area contributed by atoms with Gasteiger partial charge < -0.3 is 10.4 Å². The Bertz CT molecular complexity index is 495. The quantitative estimate of drug-likeness (QED) is 0.588. The van der Waals surface area contributed by atoms with Gasteiger partial charge in [-0.1, -0.05) is 30.1 Å². The standard InChI is InChI=1S/C9H11Cl2NO4S/c1-2-8(17(14,15)16)12-5-3-6(10)9(13)7(11)4-5/h3-4,8,12-13H,2H2,1H3,(H,14,15,16). The second kappa shape index (κ2) is 5.30. The van der Waals surface area contributed by atoms with Crippen molar-refractivity contribution in [2.75, 3.05) is 5.32 Å². The largest absolute Gasteiger partial charge is 0.505 e. The average molecular weight is 300 g/mol. The molecule has 5 nitrogen and oxygen atoms in total. The van der Waals surface area contributed by atoms with E-state index in [1.165, 1.54) is 12.1 Å².